The van der Waals surface area contributed by atoms with Gasteiger partial charge in [0.2, 0.25) is 0 Å². The molecule has 2 aliphatic rings. The fraction of sp³-hybridized carbons (Fsp3) is 0.524. The predicted octanol–water partition coefficient (Wildman–Crippen LogP) is 3.89. The van der Waals surface area contributed by atoms with Gasteiger partial charge < -0.3 is 14.7 Å². The van der Waals surface area contributed by atoms with E-state index >= 15 is 0 Å². The van der Waals surface area contributed by atoms with E-state index in [1.165, 1.54) is 11.3 Å². The van der Waals surface area contributed by atoms with E-state index in [4.69, 9.17) is 4.74 Å². The highest BCUT2D eigenvalue weighted by Crippen LogP contribution is 2.40. The van der Waals surface area contributed by atoms with Gasteiger partial charge in [0, 0.05) is 24.6 Å². The van der Waals surface area contributed by atoms with Gasteiger partial charge >= 0.3 is 0 Å². The SMILES string of the molecule is COc1cccc(-c2nc(C)c(C(=O)N3CCC4(O)CCCCC4C3)s2)c1. The summed E-state index contributed by atoms with van der Waals surface area (Å²) in [5.74, 6) is 1.03. The number of ether oxygens (including phenoxy) is 1. The van der Waals surface area contributed by atoms with Crippen molar-refractivity contribution < 1.29 is 14.6 Å². The number of hydrogen-bond donors (Lipinski definition) is 1. The quantitative estimate of drug-likeness (QED) is 0.869. The van der Waals surface area contributed by atoms with Crippen LogP contribution in [0.15, 0.2) is 24.3 Å². The number of aryl methyl sites for hydroxylation is 1. The van der Waals surface area contributed by atoms with E-state index in [9.17, 15) is 9.90 Å². The Morgan fingerprint density at radius 3 is 3.04 bits per heavy atom. The molecule has 4 rings (SSSR count). The average molecular weight is 387 g/mol. The van der Waals surface area contributed by atoms with E-state index in [0.717, 1.165) is 47.7 Å². The molecule has 2 fully saturated rings. The largest absolute Gasteiger partial charge is 0.497 e. The molecule has 1 N–H and O–H groups in total. The highest BCUT2D eigenvalue weighted by molar-refractivity contribution is 7.17. The Kier molecular flexibility index (Phi) is 4.95. The Labute approximate surface area is 164 Å². The minimum Gasteiger partial charge on any atom is -0.497 e. The molecule has 5 nitrogen and oxygen atoms in total. The summed E-state index contributed by atoms with van der Waals surface area (Å²) in [6, 6.07) is 7.75. The van der Waals surface area contributed by atoms with Crippen LogP contribution in [0.5, 0.6) is 5.75 Å². The van der Waals surface area contributed by atoms with Gasteiger partial charge in [-0.2, -0.15) is 0 Å². The summed E-state index contributed by atoms with van der Waals surface area (Å²) in [4.78, 5) is 20.4. The third kappa shape index (κ3) is 3.48. The topological polar surface area (TPSA) is 62.7 Å². The molecule has 1 amide bonds. The Bertz CT molecular complexity index is 850. The first-order valence-corrected chi connectivity index (χ1v) is 10.5. The maximum atomic E-state index is 13.2. The summed E-state index contributed by atoms with van der Waals surface area (Å²) in [7, 11) is 1.64. The molecule has 1 aliphatic heterocycles. The van der Waals surface area contributed by atoms with Crippen molar-refractivity contribution in [3.63, 3.8) is 0 Å². The number of nitrogens with zero attached hydrogens (tertiary/aromatic N) is 2. The number of likely N-dealkylation sites (tertiary alicyclic amines) is 1. The number of aliphatic hydroxyl groups is 1. The maximum absolute atomic E-state index is 13.2. The van der Waals surface area contributed by atoms with Gasteiger partial charge in [-0.15, -0.1) is 11.3 Å². The van der Waals surface area contributed by atoms with Crippen molar-refractivity contribution in [2.45, 2.75) is 44.6 Å². The second kappa shape index (κ2) is 7.24. The summed E-state index contributed by atoms with van der Waals surface area (Å²) in [6.07, 6.45) is 4.81. The number of benzene rings is 1. The van der Waals surface area contributed by atoms with Crippen molar-refractivity contribution in [1.29, 1.82) is 0 Å². The zero-order valence-electron chi connectivity index (χ0n) is 15.9. The summed E-state index contributed by atoms with van der Waals surface area (Å²) in [6.45, 7) is 3.17. The number of carbonyl (C=O) groups excluding carboxylic acids is 1. The van der Waals surface area contributed by atoms with E-state index in [0.29, 0.717) is 24.4 Å². The Balaban J connectivity index is 1.55. The van der Waals surface area contributed by atoms with Crippen LogP contribution >= 0.6 is 11.3 Å². The number of amides is 1. The minimum absolute atomic E-state index is 0.0479. The van der Waals surface area contributed by atoms with Gasteiger partial charge in [-0.3, -0.25) is 4.79 Å². The van der Waals surface area contributed by atoms with Crippen LogP contribution in [0.1, 0.15) is 47.5 Å². The van der Waals surface area contributed by atoms with Crippen LogP contribution in [-0.2, 0) is 0 Å². The number of aromatic nitrogens is 1. The molecule has 1 saturated carbocycles. The summed E-state index contributed by atoms with van der Waals surface area (Å²) in [5.41, 5.74) is 1.16. The number of piperidine rings is 1. The lowest BCUT2D eigenvalue weighted by Gasteiger charge is -2.47. The molecule has 2 aromatic rings. The maximum Gasteiger partial charge on any atom is 0.265 e. The number of thiazole rings is 1. The third-order valence-corrected chi connectivity index (χ3v) is 7.22. The van der Waals surface area contributed by atoms with Crippen molar-refractivity contribution in [3.05, 3.63) is 34.8 Å². The van der Waals surface area contributed by atoms with Crippen molar-refractivity contribution in [3.8, 4) is 16.3 Å². The van der Waals surface area contributed by atoms with Gasteiger partial charge in [0.15, 0.2) is 0 Å². The van der Waals surface area contributed by atoms with Gasteiger partial charge in [-0.1, -0.05) is 25.0 Å². The Hall–Kier alpha value is -1.92. The lowest BCUT2D eigenvalue weighted by atomic mass is 9.71. The van der Waals surface area contributed by atoms with E-state index in [-0.39, 0.29) is 11.8 Å². The van der Waals surface area contributed by atoms with Crippen LogP contribution in [0.25, 0.3) is 10.6 Å². The van der Waals surface area contributed by atoms with Crippen LogP contribution < -0.4 is 4.74 Å². The molecule has 1 aromatic carbocycles. The fourth-order valence-electron chi connectivity index (χ4n) is 4.37. The first-order valence-electron chi connectivity index (χ1n) is 9.64. The molecule has 1 aromatic heterocycles. The fourth-order valence-corrected chi connectivity index (χ4v) is 5.40. The van der Waals surface area contributed by atoms with Crippen LogP contribution in [0.2, 0.25) is 0 Å². The zero-order valence-corrected chi connectivity index (χ0v) is 16.7. The highest BCUT2D eigenvalue weighted by atomic mass is 32.1. The average Bonchev–Trinajstić information content (AvgIpc) is 3.08. The lowest BCUT2D eigenvalue weighted by Crippen LogP contribution is -2.54. The smallest absolute Gasteiger partial charge is 0.265 e. The molecule has 0 radical (unpaired) electrons. The summed E-state index contributed by atoms with van der Waals surface area (Å²) < 4.78 is 5.29. The second-order valence-corrected chi connectivity index (χ2v) is 8.71. The first kappa shape index (κ1) is 18.4. The number of fused-ring (bicyclic) bond motifs is 1. The number of methoxy groups -OCH3 is 1. The van der Waals surface area contributed by atoms with Gasteiger partial charge in [0.05, 0.1) is 18.4 Å². The molecular formula is C21H26N2O3S. The van der Waals surface area contributed by atoms with E-state index in [2.05, 4.69) is 4.98 Å². The monoisotopic (exact) mass is 386 g/mol. The number of carbonyl (C=O) groups is 1. The molecule has 0 bridgehead atoms. The van der Waals surface area contributed by atoms with E-state index < -0.39 is 5.60 Å². The van der Waals surface area contributed by atoms with Crippen LogP contribution in [0.4, 0.5) is 0 Å². The third-order valence-electron chi connectivity index (χ3n) is 6.02. The van der Waals surface area contributed by atoms with Gasteiger partial charge in [0.1, 0.15) is 15.6 Å². The molecule has 27 heavy (non-hydrogen) atoms. The van der Waals surface area contributed by atoms with Crippen molar-refractivity contribution >= 4 is 17.2 Å². The minimum atomic E-state index is -0.566. The lowest BCUT2D eigenvalue weighted by molar-refractivity contribution is -0.0885. The first-order chi connectivity index (χ1) is 13.0. The summed E-state index contributed by atoms with van der Waals surface area (Å²) >= 11 is 1.44. The van der Waals surface area contributed by atoms with Crippen molar-refractivity contribution in [2.24, 2.45) is 5.92 Å². The molecule has 2 heterocycles. The van der Waals surface area contributed by atoms with Gasteiger partial charge in [-0.25, -0.2) is 4.98 Å². The molecule has 0 spiro atoms. The normalized spacial score (nSPS) is 25.1. The molecular weight excluding hydrogens is 360 g/mol. The Morgan fingerprint density at radius 2 is 2.22 bits per heavy atom. The van der Waals surface area contributed by atoms with Gasteiger partial charge in [0.25, 0.3) is 5.91 Å². The van der Waals surface area contributed by atoms with E-state index in [1.807, 2.05) is 36.1 Å². The van der Waals surface area contributed by atoms with Crippen molar-refractivity contribution in [2.75, 3.05) is 20.2 Å². The molecule has 1 aliphatic carbocycles. The molecule has 6 heteroatoms. The zero-order chi connectivity index (χ0) is 19.0. The molecule has 2 atom stereocenters. The van der Waals surface area contributed by atoms with Crippen LogP contribution in [0.3, 0.4) is 0 Å². The second-order valence-electron chi connectivity index (χ2n) is 7.71. The van der Waals surface area contributed by atoms with Crippen LogP contribution in [-0.4, -0.2) is 46.7 Å². The molecule has 144 valence electrons. The summed E-state index contributed by atoms with van der Waals surface area (Å²) in [5, 5.41) is 11.7. The van der Waals surface area contributed by atoms with E-state index in [1.54, 1.807) is 7.11 Å². The standard InChI is InChI=1S/C21H26N2O3S/c1-14-18(27-19(22-14)15-6-5-8-17(12-15)26-2)20(24)23-11-10-21(25)9-4-3-7-16(21)13-23/h5-6,8,12,16,25H,3-4,7,9-11,13H2,1-2H3. The van der Waals surface area contributed by atoms with Crippen LogP contribution in [0, 0.1) is 12.8 Å². The molecule has 2 unspecified atom stereocenters. The molecule has 1 saturated heterocycles. The predicted molar refractivity (Wildman–Crippen MR) is 106 cm³/mol. The number of rotatable bonds is 3. The Morgan fingerprint density at radius 1 is 1.37 bits per heavy atom. The van der Waals surface area contributed by atoms with Crippen molar-refractivity contribution in [1.82, 2.24) is 9.88 Å². The van der Waals surface area contributed by atoms with Gasteiger partial charge in [-0.05, 0) is 38.3 Å². The highest BCUT2D eigenvalue weighted by Gasteiger charge is 2.44. The number of hydrogen-bond acceptors (Lipinski definition) is 5.